The molecule has 0 saturated carbocycles. The zero-order valence-electron chi connectivity index (χ0n) is 8.11. The van der Waals surface area contributed by atoms with E-state index in [-0.39, 0.29) is 0 Å². The van der Waals surface area contributed by atoms with Crippen LogP contribution in [0.15, 0.2) is 18.2 Å². The van der Waals surface area contributed by atoms with Gasteiger partial charge in [0.1, 0.15) is 0 Å². The predicted molar refractivity (Wildman–Crippen MR) is 61.1 cm³/mol. The van der Waals surface area contributed by atoms with E-state index in [0.29, 0.717) is 4.78 Å². The van der Waals surface area contributed by atoms with Gasteiger partial charge in [0.15, 0.2) is 0 Å². The van der Waals surface area contributed by atoms with Crippen LogP contribution in [0.4, 0.5) is 0 Å². The summed E-state index contributed by atoms with van der Waals surface area (Å²) in [6.07, 6.45) is 0. The monoisotopic (exact) mass is 206 g/mol. The Morgan fingerprint density at radius 1 is 1.21 bits per heavy atom. The van der Waals surface area contributed by atoms with E-state index in [1.165, 1.54) is 22.5 Å². The summed E-state index contributed by atoms with van der Waals surface area (Å²) in [5, 5.41) is 19.2. The molecule has 2 aromatic rings. The molecule has 0 saturated heterocycles. The first-order chi connectivity index (χ1) is 6.59. The van der Waals surface area contributed by atoms with Crippen LogP contribution in [0.1, 0.15) is 11.1 Å². The Bertz CT molecular complexity index is 476. The summed E-state index contributed by atoms with van der Waals surface area (Å²) < 4.78 is 1.75. The molecule has 1 heterocycles. The maximum Gasteiger partial charge on any atom is 0.499 e. The minimum absolute atomic E-state index is 0.605. The van der Waals surface area contributed by atoms with Crippen molar-refractivity contribution in [3.05, 3.63) is 29.3 Å². The van der Waals surface area contributed by atoms with Crippen LogP contribution >= 0.6 is 11.3 Å². The van der Waals surface area contributed by atoms with Gasteiger partial charge in [-0.3, -0.25) is 0 Å². The third kappa shape index (κ3) is 1.45. The third-order valence-corrected chi connectivity index (χ3v) is 3.79. The Balaban J connectivity index is 2.71. The van der Waals surface area contributed by atoms with Crippen LogP contribution in [0.3, 0.4) is 0 Å². The molecule has 0 aliphatic heterocycles. The van der Waals surface area contributed by atoms with Crippen LogP contribution in [0, 0.1) is 13.8 Å². The van der Waals surface area contributed by atoms with E-state index in [2.05, 4.69) is 19.9 Å². The highest BCUT2D eigenvalue weighted by Gasteiger charge is 2.15. The summed E-state index contributed by atoms with van der Waals surface area (Å²) in [5.74, 6) is 0. The molecule has 0 unspecified atom stereocenters. The molecule has 4 heteroatoms. The van der Waals surface area contributed by atoms with Gasteiger partial charge in [0, 0.05) is 9.48 Å². The summed E-state index contributed by atoms with van der Waals surface area (Å²) in [4.78, 5) is 0. The smallest absolute Gasteiger partial charge is 0.423 e. The second-order valence-electron chi connectivity index (χ2n) is 3.45. The van der Waals surface area contributed by atoms with Gasteiger partial charge in [-0.2, -0.15) is 0 Å². The zero-order chi connectivity index (χ0) is 10.3. The van der Waals surface area contributed by atoms with Gasteiger partial charge < -0.3 is 10.0 Å². The SMILES string of the molecule is Cc1ccc2cc(B(O)O)sc2c1C. The molecule has 2 N–H and O–H groups in total. The second-order valence-corrected chi connectivity index (χ2v) is 4.53. The van der Waals surface area contributed by atoms with E-state index in [1.807, 2.05) is 12.1 Å². The number of aryl methyl sites for hydroxylation is 2. The van der Waals surface area contributed by atoms with Crippen LogP contribution in [-0.2, 0) is 0 Å². The molecule has 1 aromatic carbocycles. The van der Waals surface area contributed by atoms with Gasteiger partial charge in [-0.1, -0.05) is 12.1 Å². The summed E-state index contributed by atoms with van der Waals surface area (Å²) in [7, 11) is -1.35. The highest BCUT2D eigenvalue weighted by molar-refractivity contribution is 7.28. The van der Waals surface area contributed by atoms with Crippen molar-refractivity contribution in [2.75, 3.05) is 0 Å². The molecule has 2 nitrogen and oxygen atoms in total. The molecule has 1 aromatic heterocycles. The quantitative estimate of drug-likeness (QED) is 0.688. The Morgan fingerprint density at radius 3 is 2.57 bits per heavy atom. The molecule has 2 rings (SSSR count). The normalized spacial score (nSPS) is 10.9. The summed E-state index contributed by atoms with van der Waals surface area (Å²) >= 11 is 1.45. The number of benzene rings is 1. The van der Waals surface area contributed by atoms with Crippen molar-refractivity contribution in [1.29, 1.82) is 0 Å². The molecule has 72 valence electrons. The zero-order valence-corrected chi connectivity index (χ0v) is 8.93. The molecule has 0 radical (unpaired) electrons. The van der Waals surface area contributed by atoms with Crippen molar-refractivity contribution in [2.45, 2.75) is 13.8 Å². The standard InChI is InChI=1S/C10H11BO2S/c1-6-3-4-8-5-9(11(12)13)14-10(8)7(6)2/h3-5,12-13H,1-2H3. The molecular weight excluding hydrogens is 195 g/mol. The average molecular weight is 206 g/mol. The van der Waals surface area contributed by atoms with Crippen LogP contribution in [0.2, 0.25) is 0 Å². The Kier molecular flexibility index (Phi) is 2.35. The van der Waals surface area contributed by atoms with E-state index in [1.54, 1.807) is 0 Å². The van der Waals surface area contributed by atoms with Crippen molar-refractivity contribution in [1.82, 2.24) is 0 Å². The fourth-order valence-electron chi connectivity index (χ4n) is 1.49. The Hall–Kier alpha value is -0.835. The third-order valence-electron chi connectivity index (χ3n) is 2.48. The predicted octanol–water partition coefficient (Wildman–Crippen LogP) is 1.20. The Labute approximate surface area is 87.0 Å². The molecule has 0 bridgehead atoms. The molecule has 0 atom stereocenters. The fraction of sp³-hybridized carbons (Fsp3) is 0.200. The Morgan fingerprint density at radius 2 is 1.93 bits per heavy atom. The minimum Gasteiger partial charge on any atom is -0.423 e. The lowest BCUT2D eigenvalue weighted by Crippen LogP contribution is -2.26. The van der Waals surface area contributed by atoms with Gasteiger partial charge in [-0.05, 0) is 36.4 Å². The van der Waals surface area contributed by atoms with Gasteiger partial charge in [-0.25, -0.2) is 0 Å². The summed E-state index contributed by atoms with van der Waals surface area (Å²) in [6, 6.07) is 5.90. The lowest BCUT2D eigenvalue weighted by atomic mass is 9.89. The lowest BCUT2D eigenvalue weighted by Gasteiger charge is -1.99. The number of hydrogen-bond acceptors (Lipinski definition) is 3. The lowest BCUT2D eigenvalue weighted by molar-refractivity contribution is 0.427. The van der Waals surface area contributed by atoms with Gasteiger partial charge in [0.05, 0.1) is 0 Å². The van der Waals surface area contributed by atoms with Crippen molar-refractivity contribution in [3.63, 3.8) is 0 Å². The number of thiophene rings is 1. The van der Waals surface area contributed by atoms with E-state index < -0.39 is 7.12 Å². The van der Waals surface area contributed by atoms with Gasteiger partial charge in [-0.15, -0.1) is 11.3 Å². The van der Waals surface area contributed by atoms with Crippen molar-refractivity contribution >= 4 is 33.3 Å². The van der Waals surface area contributed by atoms with E-state index in [9.17, 15) is 0 Å². The van der Waals surface area contributed by atoms with Crippen LogP contribution in [-0.4, -0.2) is 17.2 Å². The van der Waals surface area contributed by atoms with Crippen molar-refractivity contribution < 1.29 is 10.0 Å². The van der Waals surface area contributed by atoms with Gasteiger partial charge >= 0.3 is 7.12 Å². The fourth-order valence-corrected chi connectivity index (χ4v) is 2.57. The first-order valence-corrected chi connectivity index (χ1v) is 5.27. The second kappa shape index (κ2) is 3.39. The summed E-state index contributed by atoms with van der Waals surface area (Å²) in [6.45, 7) is 4.12. The first-order valence-electron chi connectivity index (χ1n) is 4.45. The van der Waals surface area contributed by atoms with Gasteiger partial charge in [0.2, 0.25) is 0 Å². The highest BCUT2D eigenvalue weighted by Crippen LogP contribution is 2.25. The molecule has 14 heavy (non-hydrogen) atoms. The molecule has 0 aliphatic rings. The number of rotatable bonds is 1. The average Bonchev–Trinajstić information content (AvgIpc) is 2.56. The topological polar surface area (TPSA) is 40.5 Å². The van der Waals surface area contributed by atoms with E-state index in [4.69, 9.17) is 10.0 Å². The largest absolute Gasteiger partial charge is 0.499 e. The van der Waals surface area contributed by atoms with Crippen molar-refractivity contribution in [3.8, 4) is 0 Å². The van der Waals surface area contributed by atoms with Crippen LogP contribution < -0.4 is 4.78 Å². The van der Waals surface area contributed by atoms with Crippen LogP contribution in [0.5, 0.6) is 0 Å². The van der Waals surface area contributed by atoms with Crippen molar-refractivity contribution in [2.24, 2.45) is 0 Å². The maximum absolute atomic E-state index is 9.05. The first kappa shape index (κ1) is 9.71. The molecule has 0 amide bonds. The highest BCUT2D eigenvalue weighted by atomic mass is 32.1. The molecular formula is C10H11BO2S. The van der Waals surface area contributed by atoms with Gasteiger partial charge in [0.25, 0.3) is 0 Å². The molecule has 0 fully saturated rings. The number of hydrogen-bond donors (Lipinski definition) is 2. The maximum atomic E-state index is 9.05. The van der Waals surface area contributed by atoms with E-state index in [0.717, 1.165) is 10.1 Å². The molecule has 0 aliphatic carbocycles. The molecule has 0 spiro atoms. The number of fused-ring (bicyclic) bond motifs is 1. The summed E-state index contributed by atoms with van der Waals surface area (Å²) in [5.41, 5.74) is 2.46. The van der Waals surface area contributed by atoms with Crippen LogP contribution in [0.25, 0.3) is 10.1 Å². The minimum atomic E-state index is -1.35. The van der Waals surface area contributed by atoms with E-state index >= 15 is 0 Å².